The Morgan fingerprint density at radius 2 is 2.00 bits per heavy atom. The van der Waals surface area contributed by atoms with Crippen molar-refractivity contribution in [3.63, 3.8) is 0 Å². The van der Waals surface area contributed by atoms with Gasteiger partial charge in [0.15, 0.2) is 0 Å². The molecule has 1 unspecified atom stereocenters. The summed E-state index contributed by atoms with van der Waals surface area (Å²) in [7, 11) is 2.01. The maximum Gasteiger partial charge on any atom is 0.123 e. The molecule has 0 aliphatic carbocycles. The Hall–Kier alpha value is -0.740. The smallest absolute Gasteiger partial charge is 0.123 e. The predicted octanol–water partition coefficient (Wildman–Crippen LogP) is 2.34. The van der Waals surface area contributed by atoms with Gasteiger partial charge in [-0.1, -0.05) is 0 Å². The van der Waals surface area contributed by atoms with Gasteiger partial charge in [-0.25, -0.2) is 4.39 Å². The molecule has 1 atom stereocenters. The Morgan fingerprint density at radius 3 is 2.50 bits per heavy atom. The minimum absolute atomic E-state index is 0.203. The molecule has 0 aromatic heterocycles. The van der Waals surface area contributed by atoms with Crippen LogP contribution in [-0.4, -0.2) is 31.6 Å². The standard InChI is InChI=1S/C12H19FN2S/c1-15(12(9-14)7-8-16-2)11-5-3-10(13)4-6-11/h3-6,12H,7-9,14H2,1-2H3. The molecule has 0 radical (unpaired) electrons. The van der Waals surface area contributed by atoms with E-state index >= 15 is 0 Å². The Balaban J connectivity index is 2.66. The number of anilines is 1. The highest BCUT2D eigenvalue weighted by Gasteiger charge is 2.12. The second-order valence-corrected chi connectivity index (χ2v) is 4.74. The van der Waals surface area contributed by atoms with Gasteiger partial charge in [-0.3, -0.25) is 0 Å². The van der Waals surface area contributed by atoms with Crippen molar-refractivity contribution in [3.8, 4) is 0 Å². The van der Waals surface area contributed by atoms with Crippen LogP contribution < -0.4 is 10.6 Å². The van der Waals surface area contributed by atoms with Crippen molar-refractivity contribution in [2.24, 2.45) is 5.73 Å². The maximum atomic E-state index is 12.8. The molecule has 2 N–H and O–H groups in total. The van der Waals surface area contributed by atoms with Gasteiger partial charge in [0.1, 0.15) is 5.82 Å². The molecule has 2 nitrogen and oxygen atoms in total. The Morgan fingerprint density at radius 1 is 1.38 bits per heavy atom. The third kappa shape index (κ3) is 3.68. The normalized spacial score (nSPS) is 12.5. The summed E-state index contributed by atoms with van der Waals surface area (Å²) in [5.74, 6) is 0.887. The van der Waals surface area contributed by atoms with E-state index in [0.717, 1.165) is 17.9 Å². The summed E-state index contributed by atoms with van der Waals surface area (Å²) >= 11 is 1.82. The highest BCUT2D eigenvalue weighted by atomic mass is 32.2. The van der Waals surface area contributed by atoms with Gasteiger partial charge in [-0.2, -0.15) is 11.8 Å². The maximum absolute atomic E-state index is 12.8. The molecular weight excluding hydrogens is 223 g/mol. The van der Waals surface area contributed by atoms with Crippen LogP contribution in [0.2, 0.25) is 0 Å². The number of benzene rings is 1. The lowest BCUT2D eigenvalue weighted by Crippen LogP contribution is -2.38. The molecule has 0 fully saturated rings. The molecule has 4 heteroatoms. The Bertz CT molecular complexity index is 302. The van der Waals surface area contributed by atoms with E-state index in [9.17, 15) is 4.39 Å². The number of nitrogens with two attached hydrogens (primary N) is 1. The van der Waals surface area contributed by atoms with Crippen LogP contribution in [0.3, 0.4) is 0 Å². The van der Waals surface area contributed by atoms with E-state index in [2.05, 4.69) is 11.2 Å². The van der Waals surface area contributed by atoms with Crippen LogP contribution in [-0.2, 0) is 0 Å². The first-order valence-corrected chi connectivity index (χ1v) is 6.75. The van der Waals surface area contributed by atoms with Crippen molar-refractivity contribution in [2.45, 2.75) is 12.5 Å². The average Bonchev–Trinajstić information content (AvgIpc) is 2.30. The van der Waals surface area contributed by atoms with Gasteiger partial charge in [0.25, 0.3) is 0 Å². The van der Waals surface area contributed by atoms with E-state index < -0.39 is 0 Å². The second-order valence-electron chi connectivity index (χ2n) is 3.76. The van der Waals surface area contributed by atoms with E-state index in [4.69, 9.17) is 5.73 Å². The summed E-state index contributed by atoms with van der Waals surface area (Å²) < 4.78 is 12.8. The summed E-state index contributed by atoms with van der Waals surface area (Å²) in [5.41, 5.74) is 6.77. The fraction of sp³-hybridized carbons (Fsp3) is 0.500. The summed E-state index contributed by atoms with van der Waals surface area (Å²) in [6.45, 7) is 0.619. The monoisotopic (exact) mass is 242 g/mol. The first-order valence-electron chi connectivity index (χ1n) is 5.36. The first-order chi connectivity index (χ1) is 7.69. The highest BCUT2D eigenvalue weighted by molar-refractivity contribution is 7.98. The lowest BCUT2D eigenvalue weighted by atomic mass is 10.1. The van der Waals surface area contributed by atoms with Crippen molar-refractivity contribution in [2.75, 3.05) is 30.5 Å². The summed E-state index contributed by atoms with van der Waals surface area (Å²) in [4.78, 5) is 2.12. The minimum atomic E-state index is -0.203. The molecule has 1 aromatic carbocycles. The highest BCUT2D eigenvalue weighted by Crippen LogP contribution is 2.17. The molecule has 0 amide bonds. The van der Waals surface area contributed by atoms with Crippen LogP contribution in [0, 0.1) is 5.82 Å². The third-order valence-electron chi connectivity index (χ3n) is 2.71. The van der Waals surface area contributed by atoms with Crippen LogP contribution >= 0.6 is 11.8 Å². The molecule has 0 heterocycles. The fourth-order valence-electron chi connectivity index (χ4n) is 1.61. The molecule has 0 saturated heterocycles. The van der Waals surface area contributed by atoms with E-state index in [0.29, 0.717) is 12.6 Å². The van der Waals surface area contributed by atoms with Crippen LogP contribution in [0.15, 0.2) is 24.3 Å². The van der Waals surface area contributed by atoms with Crippen LogP contribution in [0.25, 0.3) is 0 Å². The van der Waals surface area contributed by atoms with Gasteiger partial charge in [0, 0.05) is 25.3 Å². The molecule has 0 aliphatic rings. The molecule has 0 aliphatic heterocycles. The number of rotatable bonds is 6. The van der Waals surface area contributed by atoms with E-state index in [1.807, 2.05) is 18.8 Å². The summed E-state index contributed by atoms with van der Waals surface area (Å²) in [6, 6.07) is 6.86. The van der Waals surface area contributed by atoms with Crippen LogP contribution in [0.1, 0.15) is 6.42 Å². The molecule has 90 valence electrons. The Kier molecular flexibility index (Phi) is 5.63. The van der Waals surface area contributed by atoms with Crippen molar-refractivity contribution in [1.82, 2.24) is 0 Å². The van der Waals surface area contributed by atoms with Crippen molar-refractivity contribution in [3.05, 3.63) is 30.1 Å². The van der Waals surface area contributed by atoms with Gasteiger partial charge in [-0.15, -0.1) is 0 Å². The van der Waals surface area contributed by atoms with E-state index in [-0.39, 0.29) is 5.82 Å². The molecule has 0 bridgehead atoms. The lowest BCUT2D eigenvalue weighted by Gasteiger charge is -2.29. The lowest BCUT2D eigenvalue weighted by molar-refractivity contribution is 0.616. The average molecular weight is 242 g/mol. The zero-order valence-electron chi connectivity index (χ0n) is 9.82. The number of hydrogen-bond donors (Lipinski definition) is 1. The van der Waals surface area contributed by atoms with E-state index in [1.165, 1.54) is 12.1 Å². The number of hydrogen-bond acceptors (Lipinski definition) is 3. The van der Waals surface area contributed by atoms with Gasteiger partial charge < -0.3 is 10.6 Å². The van der Waals surface area contributed by atoms with Crippen LogP contribution in [0.5, 0.6) is 0 Å². The topological polar surface area (TPSA) is 29.3 Å². The molecular formula is C12H19FN2S. The van der Waals surface area contributed by atoms with Gasteiger partial charge >= 0.3 is 0 Å². The predicted molar refractivity (Wildman–Crippen MR) is 70.6 cm³/mol. The number of nitrogens with zero attached hydrogens (tertiary/aromatic N) is 1. The first kappa shape index (κ1) is 13.3. The molecule has 1 rings (SSSR count). The number of thioether (sulfide) groups is 1. The number of halogens is 1. The largest absolute Gasteiger partial charge is 0.370 e. The van der Waals surface area contributed by atoms with Gasteiger partial charge in [-0.05, 0) is 42.7 Å². The SMILES string of the molecule is CSCCC(CN)N(C)c1ccc(F)cc1. The van der Waals surface area contributed by atoms with E-state index in [1.54, 1.807) is 12.1 Å². The van der Waals surface area contributed by atoms with Gasteiger partial charge in [0.2, 0.25) is 0 Å². The third-order valence-corrected chi connectivity index (χ3v) is 3.35. The quantitative estimate of drug-likeness (QED) is 0.830. The molecule has 0 saturated carbocycles. The van der Waals surface area contributed by atoms with Crippen molar-refractivity contribution in [1.29, 1.82) is 0 Å². The summed E-state index contributed by atoms with van der Waals surface area (Å²) in [5, 5.41) is 0. The summed E-state index contributed by atoms with van der Waals surface area (Å²) in [6.07, 6.45) is 3.14. The zero-order chi connectivity index (χ0) is 12.0. The van der Waals surface area contributed by atoms with Crippen molar-refractivity contribution >= 4 is 17.4 Å². The van der Waals surface area contributed by atoms with Crippen LogP contribution in [0.4, 0.5) is 10.1 Å². The molecule has 1 aromatic rings. The molecule has 16 heavy (non-hydrogen) atoms. The molecule has 0 spiro atoms. The van der Waals surface area contributed by atoms with Gasteiger partial charge in [0.05, 0.1) is 0 Å². The van der Waals surface area contributed by atoms with Crippen molar-refractivity contribution < 1.29 is 4.39 Å². The fourth-order valence-corrected chi connectivity index (χ4v) is 2.12. The second kappa shape index (κ2) is 6.76. The zero-order valence-corrected chi connectivity index (χ0v) is 10.6. The Labute approximate surface area is 101 Å². The number of likely N-dealkylation sites (N-methyl/N-ethyl adjacent to an activating group) is 1. The minimum Gasteiger partial charge on any atom is -0.370 e.